The molecular formula is C24H18N2O6S. The van der Waals surface area contributed by atoms with Gasteiger partial charge in [-0.05, 0) is 55.0 Å². The highest BCUT2D eigenvalue weighted by Gasteiger charge is 2.46. The van der Waals surface area contributed by atoms with E-state index in [0.717, 1.165) is 4.70 Å². The van der Waals surface area contributed by atoms with Crippen LogP contribution in [0, 0.1) is 6.92 Å². The molecule has 1 unspecified atom stereocenters. The Balaban J connectivity index is 1.67. The highest BCUT2D eigenvalue weighted by Crippen LogP contribution is 2.45. The fraction of sp³-hybridized carbons (Fsp3) is 0.125. The van der Waals surface area contributed by atoms with Crippen LogP contribution in [0.2, 0.25) is 0 Å². The number of amides is 1. The second-order valence-electron chi connectivity index (χ2n) is 7.50. The number of ether oxygens (including phenoxy) is 1. The number of rotatable bonds is 5. The van der Waals surface area contributed by atoms with Gasteiger partial charge in [0.1, 0.15) is 17.3 Å². The van der Waals surface area contributed by atoms with Crippen LogP contribution < -0.4 is 9.64 Å². The Morgan fingerprint density at radius 2 is 1.97 bits per heavy atom. The first kappa shape index (κ1) is 20.8. The number of hydrogen-bond acceptors (Lipinski definition) is 8. The van der Waals surface area contributed by atoms with E-state index in [1.807, 2.05) is 0 Å². The lowest BCUT2D eigenvalue weighted by Crippen LogP contribution is -2.30. The standard InChI is InChI=1S/C24H18N2O6S/c1-12-6-9-17(32-12)21(28)19-20(13-4-3-5-14(27)10-13)26(23(30)22(19)29)24-25-16-8-7-15(31-2)11-18(16)33-24/h3-11,20,27,29H,1-2H3. The molecule has 33 heavy (non-hydrogen) atoms. The molecule has 8 nitrogen and oxygen atoms in total. The average molecular weight is 462 g/mol. The van der Waals surface area contributed by atoms with Crippen molar-refractivity contribution >= 4 is 38.4 Å². The molecule has 1 aliphatic heterocycles. The zero-order valence-electron chi connectivity index (χ0n) is 17.6. The fourth-order valence-corrected chi connectivity index (χ4v) is 4.88. The van der Waals surface area contributed by atoms with Crippen LogP contribution in [0.15, 0.2) is 70.3 Å². The van der Waals surface area contributed by atoms with E-state index in [4.69, 9.17) is 9.15 Å². The van der Waals surface area contributed by atoms with Crippen molar-refractivity contribution in [3.8, 4) is 11.5 Å². The van der Waals surface area contributed by atoms with E-state index >= 15 is 0 Å². The number of methoxy groups -OCH3 is 1. The molecule has 4 aromatic rings. The number of thiazole rings is 1. The van der Waals surface area contributed by atoms with Crippen molar-refractivity contribution in [2.24, 2.45) is 0 Å². The van der Waals surface area contributed by atoms with Crippen molar-refractivity contribution < 1.29 is 29.0 Å². The monoisotopic (exact) mass is 462 g/mol. The number of carbonyl (C=O) groups excluding carboxylic acids is 2. The van der Waals surface area contributed by atoms with Gasteiger partial charge in [-0.15, -0.1) is 0 Å². The van der Waals surface area contributed by atoms with Crippen LogP contribution in [0.5, 0.6) is 11.5 Å². The van der Waals surface area contributed by atoms with Gasteiger partial charge >= 0.3 is 0 Å². The lowest BCUT2D eigenvalue weighted by atomic mass is 9.95. The van der Waals surface area contributed by atoms with E-state index in [1.165, 1.54) is 34.4 Å². The first-order valence-electron chi connectivity index (χ1n) is 9.98. The third-order valence-corrected chi connectivity index (χ3v) is 6.41. The van der Waals surface area contributed by atoms with Crippen LogP contribution in [0.25, 0.3) is 10.2 Å². The minimum atomic E-state index is -1.01. The van der Waals surface area contributed by atoms with Crippen molar-refractivity contribution in [2.45, 2.75) is 13.0 Å². The summed E-state index contributed by atoms with van der Waals surface area (Å²) in [5.74, 6) is -0.940. The Bertz CT molecular complexity index is 1450. The molecule has 0 bridgehead atoms. The second-order valence-corrected chi connectivity index (χ2v) is 8.51. The summed E-state index contributed by atoms with van der Waals surface area (Å²) in [7, 11) is 1.56. The van der Waals surface area contributed by atoms with Crippen molar-refractivity contribution in [1.29, 1.82) is 0 Å². The number of phenolic OH excluding ortho intramolecular Hbond substituents is 1. The summed E-state index contributed by atoms with van der Waals surface area (Å²) in [4.78, 5) is 32.4. The Morgan fingerprint density at radius 1 is 1.15 bits per heavy atom. The zero-order valence-corrected chi connectivity index (χ0v) is 18.4. The number of ketones is 1. The molecule has 0 spiro atoms. The summed E-state index contributed by atoms with van der Waals surface area (Å²) >= 11 is 1.23. The van der Waals surface area contributed by atoms with Crippen molar-refractivity contribution in [3.63, 3.8) is 0 Å². The summed E-state index contributed by atoms with van der Waals surface area (Å²) in [5, 5.41) is 21.2. The van der Waals surface area contributed by atoms with Gasteiger partial charge in [-0.25, -0.2) is 4.98 Å². The maximum atomic E-state index is 13.3. The molecule has 5 rings (SSSR count). The van der Waals surface area contributed by atoms with E-state index in [9.17, 15) is 19.8 Å². The first-order chi connectivity index (χ1) is 15.9. The predicted octanol–water partition coefficient (Wildman–Crippen LogP) is 4.69. The number of nitrogens with zero attached hydrogens (tertiary/aromatic N) is 2. The Morgan fingerprint density at radius 3 is 2.67 bits per heavy atom. The SMILES string of the molecule is COc1ccc2nc(N3C(=O)C(O)=C(C(=O)c4ccc(C)o4)C3c3cccc(O)c3)sc2c1. The van der Waals surface area contributed by atoms with Gasteiger partial charge in [-0.3, -0.25) is 14.5 Å². The number of carbonyl (C=O) groups is 2. The molecule has 2 aromatic heterocycles. The molecule has 1 aliphatic rings. The number of aromatic hydroxyl groups is 1. The molecule has 2 aromatic carbocycles. The number of aliphatic hydroxyl groups excluding tert-OH is 1. The molecule has 0 saturated carbocycles. The molecule has 1 amide bonds. The number of benzene rings is 2. The molecule has 3 heterocycles. The number of Topliss-reactive ketones (excluding diaryl/α,β-unsaturated/α-hetero) is 1. The molecule has 9 heteroatoms. The Labute approximate surface area is 192 Å². The van der Waals surface area contributed by atoms with Crippen LogP contribution in [0.3, 0.4) is 0 Å². The van der Waals surface area contributed by atoms with E-state index in [1.54, 1.807) is 50.4 Å². The van der Waals surface area contributed by atoms with Gasteiger partial charge in [0.25, 0.3) is 5.91 Å². The van der Waals surface area contributed by atoms with Crippen LogP contribution >= 0.6 is 11.3 Å². The van der Waals surface area contributed by atoms with Gasteiger partial charge in [-0.1, -0.05) is 23.5 Å². The van der Waals surface area contributed by atoms with Crippen molar-refractivity contribution in [2.75, 3.05) is 12.0 Å². The highest BCUT2D eigenvalue weighted by atomic mass is 32.1. The normalized spacial score (nSPS) is 16.1. The average Bonchev–Trinajstić information content (AvgIpc) is 3.49. The summed E-state index contributed by atoms with van der Waals surface area (Å²) in [5.41, 5.74) is 0.937. The van der Waals surface area contributed by atoms with Crippen molar-refractivity contribution in [1.82, 2.24) is 4.98 Å². The number of phenols is 1. The molecule has 1 atom stereocenters. The van der Waals surface area contributed by atoms with E-state index in [2.05, 4.69) is 4.98 Å². The second kappa shape index (κ2) is 7.79. The Kier molecular flexibility index (Phi) is 4.90. The van der Waals surface area contributed by atoms with E-state index < -0.39 is 23.5 Å². The topological polar surface area (TPSA) is 113 Å². The van der Waals surface area contributed by atoms with E-state index in [0.29, 0.717) is 27.7 Å². The maximum absolute atomic E-state index is 13.3. The van der Waals surface area contributed by atoms with Gasteiger partial charge < -0.3 is 19.4 Å². The zero-order chi connectivity index (χ0) is 23.3. The van der Waals surface area contributed by atoms with Gasteiger partial charge in [-0.2, -0.15) is 0 Å². The van der Waals surface area contributed by atoms with Gasteiger partial charge in [0.05, 0.1) is 28.9 Å². The number of aromatic nitrogens is 1. The fourth-order valence-electron chi connectivity index (χ4n) is 3.86. The summed E-state index contributed by atoms with van der Waals surface area (Å²) in [6.07, 6.45) is 0. The third-order valence-electron chi connectivity index (χ3n) is 5.39. The number of furan rings is 1. The van der Waals surface area contributed by atoms with Crippen LogP contribution in [-0.2, 0) is 4.79 Å². The summed E-state index contributed by atoms with van der Waals surface area (Å²) in [6.45, 7) is 1.69. The van der Waals surface area contributed by atoms with Gasteiger partial charge in [0.2, 0.25) is 5.78 Å². The number of aryl methyl sites for hydroxylation is 1. The number of aliphatic hydroxyl groups is 1. The number of hydrogen-bond donors (Lipinski definition) is 2. The summed E-state index contributed by atoms with van der Waals surface area (Å²) < 4.78 is 11.5. The molecule has 0 fully saturated rings. The highest BCUT2D eigenvalue weighted by molar-refractivity contribution is 7.22. The minimum absolute atomic E-state index is 0.00268. The van der Waals surface area contributed by atoms with Crippen LogP contribution in [0.4, 0.5) is 5.13 Å². The van der Waals surface area contributed by atoms with Gasteiger partial charge in [0, 0.05) is 0 Å². The maximum Gasteiger partial charge on any atom is 0.296 e. The van der Waals surface area contributed by atoms with Gasteiger partial charge in [0.15, 0.2) is 16.7 Å². The lowest BCUT2D eigenvalue weighted by molar-refractivity contribution is -0.117. The largest absolute Gasteiger partial charge is 0.508 e. The molecule has 0 aliphatic carbocycles. The molecular weight excluding hydrogens is 444 g/mol. The van der Waals surface area contributed by atoms with Crippen molar-refractivity contribution in [3.05, 3.63) is 83.0 Å². The lowest BCUT2D eigenvalue weighted by Gasteiger charge is -2.24. The summed E-state index contributed by atoms with van der Waals surface area (Å²) in [6, 6.07) is 13.6. The van der Waals surface area contributed by atoms with E-state index in [-0.39, 0.29) is 17.1 Å². The quantitative estimate of drug-likeness (QED) is 0.414. The Hall–Kier alpha value is -4.11. The molecule has 0 saturated heterocycles. The van der Waals surface area contributed by atoms with Crippen LogP contribution in [0.1, 0.15) is 27.9 Å². The minimum Gasteiger partial charge on any atom is -0.508 e. The predicted molar refractivity (Wildman–Crippen MR) is 122 cm³/mol. The smallest absolute Gasteiger partial charge is 0.296 e. The molecule has 166 valence electrons. The number of anilines is 1. The third kappa shape index (κ3) is 3.42. The first-order valence-corrected chi connectivity index (χ1v) is 10.8. The van der Waals surface area contributed by atoms with Crippen LogP contribution in [-0.4, -0.2) is 34.0 Å². The number of fused-ring (bicyclic) bond motifs is 1. The molecule has 0 radical (unpaired) electrons. The molecule has 2 N–H and O–H groups in total.